The van der Waals surface area contributed by atoms with Gasteiger partial charge in [-0.2, -0.15) is 0 Å². The first-order valence-corrected chi connectivity index (χ1v) is 5.26. The van der Waals surface area contributed by atoms with Gasteiger partial charge in [0, 0.05) is 11.8 Å². The summed E-state index contributed by atoms with van der Waals surface area (Å²) in [6, 6.07) is 1.99. The molecule has 1 aromatic rings. The van der Waals surface area contributed by atoms with Gasteiger partial charge in [0.05, 0.1) is 5.69 Å². The third-order valence-electron chi connectivity index (χ3n) is 1.83. The first-order chi connectivity index (χ1) is 5.93. The number of hydrogen-bond acceptors (Lipinski definition) is 2. The van der Waals surface area contributed by atoms with Crippen LogP contribution in [0.3, 0.4) is 0 Å². The Hall–Kier alpha value is -0.440. The van der Waals surface area contributed by atoms with Crippen molar-refractivity contribution in [3.8, 4) is 0 Å². The second kappa shape index (κ2) is 3.74. The molecule has 0 saturated carbocycles. The summed E-state index contributed by atoms with van der Waals surface area (Å²) < 4.78 is 0.879. The zero-order chi connectivity index (χ0) is 10.1. The number of hydrogen-bond donors (Lipinski definition) is 0. The summed E-state index contributed by atoms with van der Waals surface area (Å²) >= 11 is 3.40. The van der Waals surface area contributed by atoms with Gasteiger partial charge in [0.2, 0.25) is 0 Å². The van der Waals surface area contributed by atoms with E-state index in [2.05, 4.69) is 53.6 Å². The average molecular weight is 243 g/mol. The molecule has 0 aliphatic carbocycles. The Balaban J connectivity index is 3.16. The van der Waals surface area contributed by atoms with Crippen LogP contribution in [0.2, 0.25) is 0 Å². The van der Waals surface area contributed by atoms with Gasteiger partial charge >= 0.3 is 0 Å². The van der Waals surface area contributed by atoms with E-state index in [0.29, 0.717) is 0 Å². The van der Waals surface area contributed by atoms with Crippen LogP contribution in [0.5, 0.6) is 0 Å². The van der Waals surface area contributed by atoms with Crippen molar-refractivity contribution in [1.82, 2.24) is 9.97 Å². The molecule has 0 bridgehead atoms. The van der Waals surface area contributed by atoms with E-state index in [9.17, 15) is 0 Å². The third-order valence-corrected chi connectivity index (χ3v) is 2.23. The minimum Gasteiger partial charge on any atom is -0.237 e. The summed E-state index contributed by atoms with van der Waals surface area (Å²) in [5.41, 5.74) is 1.18. The lowest BCUT2D eigenvalue weighted by Gasteiger charge is -2.18. The van der Waals surface area contributed by atoms with Crippen LogP contribution in [0.1, 0.15) is 39.2 Å². The molecule has 1 aromatic heterocycles. The van der Waals surface area contributed by atoms with E-state index in [1.807, 2.05) is 6.07 Å². The van der Waals surface area contributed by atoms with Crippen molar-refractivity contribution >= 4 is 15.9 Å². The lowest BCUT2D eigenvalue weighted by molar-refractivity contribution is 0.561. The van der Waals surface area contributed by atoms with Crippen LogP contribution >= 0.6 is 15.9 Å². The van der Waals surface area contributed by atoms with Gasteiger partial charge in [0.15, 0.2) is 0 Å². The van der Waals surface area contributed by atoms with E-state index < -0.39 is 0 Å². The van der Waals surface area contributed by atoms with Crippen LogP contribution in [0.4, 0.5) is 0 Å². The SMILES string of the molecule is CCc1nc(Br)cc(C(C)(C)C)n1. The Morgan fingerprint density at radius 1 is 1.31 bits per heavy atom. The first kappa shape index (κ1) is 10.6. The third kappa shape index (κ3) is 2.76. The molecule has 0 amide bonds. The molecule has 3 heteroatoms. The average Bonchev–Trinajstić information content (AvgIpc) is 2.01. The van der Waals surface area contributed by atoms with E-state index in [1.54, 1.807) is 0 Å². The quantitative estimate of drug-likeness (QED) is 0.708. The number of aromatic nitrogens is 2. The fourth-order valence-electron chi connectivity index (χ4n) is 1.01. The molecule has 72 valence electrons. The highest BCUT2D eigenvalue weighted by atomic mass is 79.9. The molecule has 2 nitrogen and oxygen atoms in total. The van der Waals surface area contributed by atoms with Crippen molar-refractivity contribution in [3.05, 3.63) is 22.2 Å². The molecule has 0 saturated heterocycles. The highest BCUT2D eigenvalue weighted by Crippen LogP contribution is 2.22. The number of aryl methyl sites for hydroxylation is 1. The Morgan fingerprint density at radius 2 is 1.92 bits per heavy atom. The van der Waals surface area contributed by atoms with E-state index >= 15 is 0 Å². The molecule has 13 heavy (non-hydrogen) atoms. The molecule has 0 aromatic carbocycles. The van der Waals surface area contributed by atoms with Gasteiger partial charge in [-0.1, -0.05) is 27.7 Å². The zero-order valence-corrected chi connectivity index (χ0v) is 10.1. The van der Waals surface area contributed by atoms with E-state index in [-0.39, 0.29) is 5.41 Å². The molecule has 1 rings (SSSR count). The van der Waals surface area contributed by atoms with Gasteiger partial charge in [-0.05, 0) is 22.0 Å². The lowest BCUT2D eigenvalue weighted by Crippen LogP contribution is -2.15. The van der Waals surface area contributed by atoms with Crippen molar-refractivity contribution in [3.63, 3.8) is 0 Å². The predicted octanol–water partition coefficient (Wildman–Crippen LogP) is 3.10. The molecule has 0 aliphatic rings. The molecular formula is C10H15BrN2. The monoisotopic (exact) mass is 242 g/mol. The van der Waals surface area contributed by atoms with Crippen LogP contribution in [-0.4, -0.2) is 9.97 Å². The van der Waals surface area contributed by atoms with Crippen LogP contribution in [0, 0.1) is 0 Å². The van der Waals surface area contributed by atoms with Crippen molar-refractivity contribution in [1.29, 1.82) is 0 Å². The maximum Gasteiger partial charge on any atom is 0.129 e. The molecule has 0 N–H and O–H groups in total. The topological polar surface area (TPSA) is 25.8 Å². The lowest BCUT2D eigenvalue weighted by atomic mass is 9.92. The van der Waals surface area contributed by atoms with Crippen molar-refractivity contribution in [2.45, 2.75) is 39.5 Å². The Morgan fingerprint density at radius 3 is 2.38 bits per heavy atom. The molecule has 0 fully saturated rings. The van der Waals surface area contributed by atoms with E-state index in [1.165, 1.54) is 0 Å². The minimum absolute atomic E-state index is 0.0926. The summed E-state index contributed by atoms with van der Waals surface area (Å²) in [4.78, 5) is 8.75. The number of rotatable bonds is 1. The highest BCUT2D eigenvalue weighted by molar-refractivity contribution is 9.10. The largest absolute Gasteiger partial charge is 0.237 e. The minimum atomic E-state index is 0.0926. The van der Waals surface area contributed by atoms with Gasteiger partial charge in [-0.25, -0.2) is 9.97 Å². The van der Waals surface area contributed by atoms with Gasteiger partial charge < -0.3 is 0 Å². The summed E-state index contributed by atoms with van der Waals surface area (Å²) in [5, 5.41) is 0. The number of nitrogens with zero attached hydrogens (tertiary/aromatic N) is 2. The van der Waals surface area contributed by atoms with Crippen LogP contribution in [0.15, 0.2) is 10.7 Å². The molecule has 0 aliphatic heterocycles. The highest BCUT2D eigenvalue weighted by Gasteiger charge is 2.16. The van der Waals surface area contributed by atoms with Crippen molar-refractivity contribution in [2.24, 2.45) is 0 Å². The van der Waals surface area contributed by atoms with Crippen molar-refractivity contribution in [2.75, 3.05) is 0 Å². The summed E-state index contributed by atoms with van der Waals surface area (Å²) in [7, 11) is 0. The van der Waals surface area contributed by atoms with Crippen LogP contribution in [-0.2, 0) is 11.8 Å². The second-order valence-corrected chi connectivity index (χ2v) is 4.91. The standard InChI is InChI=1S/C10H15BrN2/c1-5-9-12-7(10(2,3)4)6-8(11)13-9/h6H,5H2,1-4H3. The van der Waals surface area contributed by atoms with Crippen LogP contribution < -0.4 is 0 Å². The Kier molecular flexibility index (Phi) is 3.06. The molecule has 0 radical (unpaired) electrons. The molecule has 1 heterocycles. The van der Waals surface area contributed by atoms with Gasteiger partial charge in [-0.15, -0.1) is 0 Å². The fraction of sp³-hybridized carbons (Fsp3) is 0.600. The predicted molar refractivity (Wildman–Crippen MR) is 57.8 cm³/mol. The van der Waals surface area contributed by atoms with Crippen molar-refractivity contribution < 1.29 is 0 Å². The maximum atomic E-state index is 4.48. The summed E-state index contributed by atoms with van der Waals surface area (Å²) in [6.07, 6.45) is 0.878. The molecule has 0 unspecified atom stereocenters. The fourth-order valence-corrected chi connectivity index (χ4v) is 1.43. The molecule has 0 spiro atoms. The maximum absolute atomic E-state index is 4.48. The van der Waals surface area contributed by atoms with E-state index in [0.717, 1.165) is 22.5 Å². The molecule has 0 atom stereocenters. The normalized spacial score (nSPS) is 11.8. The smallest absolute Gasteiger partial charge is 0.129 e. The van der Waals surface area contributed by atoms with E-state index in [4.69, 9.17) is 0 Å². The summed E-state index contributed by atoms with van der Waals surface area (Å²) in [5.74, 6) is 0.902. The Bertz CT molecular complexity index is 302. The Labute approximate surface area is 87.9 Å². The zero-order valence-electron chi connectivity index (χ0n) is 8.56. The van der Waals surface area contributed by atoms with Gasteiger partial charge in [0.25, 0.3) is 0 Å². The second-order valence-electron chi connectivity index (χ2n) is 4.10. The van der Waals surface area contributed by atoms with Gasteiger partial charge in [-0.3, -0.25) is 0 Å². The first-order valence-electron chi connectivity index (χ1n) is 4.47. The number of halogens is 1. The molecular weight excluding hydrogens is 228 g/mol. The summed E-state index contributed by atoms with van der Waals surface area (Å²) in [6.45, 7) is 8.53. The van der Waals surface area contributed by atoms with Gasteiger partial charge in [0.1, 0.15) is 10.4 Å². The van der Waals surface area contributed by atoms with Crippen LogP contribution in [0.25, 0.3) is 0 Å².